The molecule has 250 valence electrons. The standard InChI is InChI=1S/C23H29.C17H23.C3H6.2ClH.Zr/c1-14-9-16-11-17-10-15(2)21(23(6,7)8)13-19(17)18(16)12-20(14)22(3,4)5;1-11-3-4-14(5-11)17(2)15-7-12-6-13(9-15)10-16(17)8-12;1-3-2;;;/h9-13H,1-8H3;4-5,11-13,15-16H,6-10H2,1-2H3;1-2H3;2*1H;/q2*-1;;;;+2/p-2. The van der Waals surface area contributed by atoms with E-state index in [1.54, 1.807) is 36.2 Å². The summed E-state index contributed by atoms with van der Waals surface area (Å²) in [5.41, 5.74) is 8.20. The molecule has 0 spiro atoms. The molecular formula is C43H58Cl2Zr-2. The summed E-state index contributed by atoms with van der Waals surface area (Å²) < 4.78 is 1.51. The summed E-state index contributed by atoms with van der Waals surface area (Å²) in [6, 6.07) is 11.9. The molecule has 0 amide bonds. The van der Waals surface area contributed by atoms with E-state index in [-0.39, 0.29) is 35.6 Å². The maximum atomic E-state index is 3.49. The number of benzene rings is 2. The van der Waals surface area contributed by atoms with Crippen LogP contribution < -0.4 is 24.8 Å². The molecule has 5 aliphatic carbocycles. The molecule has 0 saturated heterocycles. The Hall–Kier alpha value is -0.877. The van der Waals surface area contributed by atoms with E-state index in [1.807, 2.05) is 0 Å². The molecule has 4 saturated carbocycles. The van der Waals surface area contributed by atoms with Gasteiger partial charge in [0.1, 0.15) is 0 Å². The Labute approximate surface area is 309 Å². The Morgan fingerprint density at radius 3 is 1.48 bits per heavy atom. The minimum absolute atomic E-state index is 0. The van der Waals surface area contributed by atoms with Gasteiger partial charge in [-0.2, -0.15) is 11.6 Å². The van der Waals surface area contributed by atoms with Crippen LogP contribution in [0.3, 0.4) is 0 Å². The first kappa shape index (κ1) is 39.6. The molecule has 1 unspecified atom stereocenters. The molecule has 4 fully saturated rings. The number of allylic oxidation sites excluding steroid dienone is 4. The maximum absolute atomic E-state index is 3.49. The summed E-state index contributed by atoms with van der Waals surface area (Å²) >= 11 is 1.55. The van der Waals surface area contributed by atoms with Crippen molar-refractivity contribution in [2.24, 2.45) is 35.0 Å². The van der Waals surface area contributed by atoms with Crippen LogP contribution in [0.25, 0.3) is 21.5 Å². The first-order valence-corrected chi connectivity index (χ1v) is 18.6. The van der Waals surface area contributed by atoms with Crippen molar-refractivity contribution in [2.45, 2.75) is 126 Å². The molecule has 8 rings (SSSR count). The van der Waals surface area contributed by atoms with Crippen LogP contribution in [0.2, 0.25) is 0 Å². The molecule has 3 heteroatoms. The van der Waals surface area contributed by atoms with Crippen LogP contribution >= 0.6 is 0 Å². The van der Waals surface area contributed by atoms with Crippen LogP contribution in [0.1, 0.15) is 124 Å². The first-order chi connectivity index (χ1) is 20.4. The van der Waals surface area contributed by atoms with Crippen molar-refractivity contribution in [3.63, 3.8) is 0 Å². The van der Waals surface area contributed by atoms with E-state index in [0.29, 0.717) is 11.3 Å². The fourth-order valence-electron chi connectivity index (χ4n) is 9.51. The quantitative estimate of drug-likeness (QED) is 0.267. The fraction of sp³-hybridized carbons (Fsp3) is 0.581. The minimum Gasteiger partial charge on any atom is -1.00 e. The number of fused-ring (bicyclic) bond motifs is 3. The fourth-order valence-corrected chi connectivity index (χ4v) is 9.51. The molecule has 0 N–H and O–H groups in total. The van der Waals surface area contributed by atoms with Crippen molar-refractivity contribution in [1.29, 1.82) is 0 Å². The van der Waals surface area contributed by atoms with Gasteiger partial charge >= 0.3 is 41.3 Å². The van der Waals surface area contributed by atoms with Crippen molar-refractivity contribution < 1.29 is 49.0 Å². The molecular weight excluding hydrogens is 679 g/mol. The second-order valence-electron chi connectivity index (χ2n) is 17.5. The van der Waals surface area contributed by atoms with E-state index >= 15 is 0 Å². The van der Waals surface area contributed by atoms with Gasteiger partial charge in [0.05, 0.1) is 0 Å². The summed E-state index contributed by atoms with van der Waals surface area (Å²) in [4.78, 5) is 0. The predicted octanol–water partition coefficient (Wildman–Crippen LogP) is 6.06. The molecule has 1 atom stereocenters. The second-order valence-corrected chi connectivity index (χ2v) is 19.9. The maximum Gasteiger partial charge on any atom is -0.0142 e. The average molecular weight is 737 g/mol. The molecule has 3 aromatic rings. The monoisotopic (exact) mass is 734 g/mol. The Bertz CT molecular complexity index is 1510. The van der Waals surface area contributed by atoms with Gasteiger partial charge in [-0.05, 0) is 80.5 Å². The summed E-state index contributed by atoms with van der Waals surface area (Å²) in [5.74, 6) is 4.68. The van der Waals surface area contributed by atoms with Crippen molar-refractivity contribution in [1.82, 2.24) is 0 Å². The third-order valence-electron chi connectivity index (χ3n) is 11.4. The molecule has 5 aliphatic rings. The van der Waals surface area contributed by atoms with Gasteiger partial charge in [0.2, 0.25) is 0 Å². The molecule has 4 bridgehead atoms. The molecule has 46 heavy (non-hydrogen) atoms. The van der Waals surface area contributed by atoms with Gasteiger partial charge in [-0.25, -0.2) is 6.08 Å². The van der Waals surface area contributed by atoms with Gasteiger partial charge in [-0.15, -0.1) is 39.7 Å². The van der Waals surface area contributed by atoms with Gasteiger partial charge in [-0.3, -0.25) is 6.08 Å². The normalized spacial score (nSPS) is 27.7. The van der Waals surface area contributed by atoms with Crippen LogP contribution in [-0.2, 0) is 35.1 Å². The van der Waals surface area contributed by atoms with Gasteiger partial charge in [0.25, 0.3) is 0 Å². The zero-order valence-electron chi connectivity index (χ0n) is 30.7. The summed E-state index contributed by atoms with van der Waals surface area (Å²) in [5, 5.41) is 5.55. The summed E-state index contributed by atoms with van der Waals surface area (Å²) in [6.07, 6.45) is 15.9. The van der Waals surface area contributed by atoms with E-state index in [9.17, 15) is 0 Å². The van der Waals surface area contributed by atoms with Gasteiger partial charge < -0.3 is 24.8 Å². The smallest absolute Gasteiger partial charge is 0.0142 e. The molecule has 0 aliphatic heterocycles. The van der Waals surface area contributed by atoms with Gasteiger partial charge in [0.15, 0.2) is 0 Å². The molecule has 0 radical (unpaired) electrons. The van der Waals surface area contributed by atoms with Crippen LogP contribution in [-0.4, -0.2) is 3.21 Å². The number of hydrogen-bond donors (Lipinski definition) is 0. The minimum atomic E-state index is 0. The Morgan fingerprint density at radius 1 is 0.761 bits per heavy atom. The molecule has 3 aromatic carbocycles. The van der Waals surface area contributed by atoms with Gasteiger partial charge in [-0.1, -0.05) is 101 Å². The number of halogens is 2. The van der Waals surface area contributed by atoms with Crippen LogP contribution in [0.5, 0.6) is 0 Å². The number of rotatable bonds is 1. The predicted molar refractivity (Wildman–Crippen MR) is 190 cm³/mol. The van der Waals surface area contributed by atoms with Crippen molar-refractivity contribution in [2.75, 3.05) is 0 Å². The Balaban J connectivity index is 0.000000222. The van der Waals surface area contributed by atoms with E-state index in [4.69, 9.17) is 0 Å². The van der Waals surface area contributed by atoms with Crippen molar-refractivity contribution in [3.05, 3.63) is 76.4 Å². The van der Waals surface area contributed by atoms with Crippen LogP contribution in [0.15, 0.2) is 48.1 Å². The van der Waals surface area contributed by atoms with Gasteiger partial charge in [0, 0.05) is 0 Å². The zero-order chi connectivity index (χ0) is 32.4. The van der Waals surface area contributed by atoms with Crippen molar-refractivity contribution in [3.8, 4) is 0 Å². The molecule has 0 heterocycles. The Kier molecular flexibility index (Phi) is 12.5. The van der Waals surface area contributed by atoms with E-state index in [1.165, 1.54) is 72.7 Å². The van der Waals surface area contributed by atoms with E-state index < -0.39 is 0 Å². The number of hydrogen-bond acceptors (Lipinski definition) is 0. The van der Waals surface area contributed by atoms with Crippen LogP contribution in [0.4, 0.5) is 0 Å². The van der Waals surface area contributed by atoms with Crippen LogP contribution in [0, 0.1) is 54.9 Å². The average Bonchev–Trinajstić information content (AvgIpc) is 3.47. The number of aryl methyl sites for hydroxylation is 2. The summed E-state index contributed by atoms with van der Waals surface area (Å²) in [6.45, 7) is 27.4. The third-order valence-corrected chi connectivity index (χ3v) is 11.4. The molecule has 0 aromatic heterocycles. The second kappa shape index (κ2) is 14.5. The Morgan fingerprint density at radius 2 is 1.15 bits per heavy atom. The van der Waals surface area contributed by atoms with E-state index in [2.05, 4.69) is 132 Å². The van der Waals surface area contributed by atoms with E-state index in [0.717, 1.165) is 23.7 Å². The van der Waals surface area contributed by atoms with Crippen molar-refractivity contribution >= 4 is 24.8 Å². The third kappa shape index (κ3) is 7.95. The zero-order valence-corrected chi connectivity index (χ0v) is 34.7. The summed E-state index contributed by atoms with van der Waals surface area (Å²) in [7, 11) is 0. The SMILES string of the molecule is CC1[C-]=CC(C2(C)C3CC4CC(C3)CC2C4)=C1.C[C](C)=[Zr+2].Cc1cc2[cH-]c3cc(C)c(C(C)(C)C)cc3c2cc1C(C)(C)C.[Cl-].[Cl-]. The first-order valence-electron chi connectivity index (χ1n) is 17.4. The largest absolute Gasteiger partial charge is 1.00 e. The topological polar surface area (TPSA) is 0 Å². The molecule has 0 nitrogen and oxygen atoms in total.